The van der Waals surface area contributed by atoms with Gasteiger partial charge in [0.2, 0.25) is 0 Å². The largest absolute Gasteiger partial charge is 0.497 e. The smallest absolute Gasteiger partial charge is 0.262 e. The third-order valence-electron chi connectivity index (χ3n) is 5.00. The number of aldehydes is 1. The van der Waals surface area contributed by atoms with Crippen molar-refractivity contribution in [2.24, 2.45) is 5.92 Å². The first-order valence-corrected chi connectivity index (χ1v) is 9.50. The Labute approximate surface area is 165 Å². The van der Waals surface area contributed by atoms with Crippen LogP contribution < -0.4 is 19.7 Å². The molecule has 0 atom stereocenters. The number of hydrogen-bond donors (Lipinski definition) is 1. The van der Waals surface area contributed by atoms with E-state index in [4.69, 9.17) is 9.47 Å². The first kappa shape index (κ1) is 19.7. The minimum atomic E-state index is -0.285. The lowest BCUT2D eigenvalue weighted by Gasteiger charge is -2.32. The Balaban J connectivity index is 1.53. The molecular formula is C22H26N2O4. The van der Waals surface area contributed by atoms with E-state index in [2.05, 4.69) is 17.1 Å². The third-order valence-corrected chi connectivity index (χ3v) is 5.00. The minimum absolute atomic E-state index is 0.182. The lowest BCUT2D eigenvalue weighted by Crippen LogP contribution is -2.32. The Hall–Kier alpha value is -3.02. The zero-order chi connectivity index (χ0) is 19.9. The van der Waals surface area contributed by atoms with Gasteiger partial charge in [-0.15, -0.1) is 0 Å². The first-order valence-electron chi connectivity index (χ1n) is 9.50. The number of hydrogen-bond acceptors (Lipinski definition) is 5. The van der Waals surface area contributed by atoms with Crippen molar-refractivity contribution in [3.8, 4) is 11.5 Å². The van der Waals surface area contributed by atoms with Gasteiger partial charge in [-0.05, 0) is 61.2 Å². The molecule has 0 aliphatic carbocycles. The number of benzene rings is 2. The molecule has 148 valence electrons. The van der Waals surface area contributed by atoms with Gasteiger partial charge in [0.1, 0.15) is 11.5 Å². The Bertz CT molecular complexity index is 812. The summed E-state index contributed by atoms with van der Waals surface area (Å²) in [5.41, 5.74) is 2.23. The van der Waals surface area contributed by atoms with Gasteiger partial charge in [0.25, 0.3) is 5.91 Å². The Morgan fingerprint density at radius 2 is 1.89 bits per heavy atom. The topological polar surface area (TPSA) is 67.9 Å². The second-order valence-electron chi connectivity index (χ2n) is 7.07. The summed E-state index contributed by atoms with van der Waals surface area (Å²) in [4.78, 5) is 25.7. The van der Waals surface area contributed by atoms with Gasteiger partial charge >= 0.3 is 0 Å². The maximum atomic E-state index is 12.2. The summed E-state index contributed by atoms with van der Waals surface area (Å²) in [5, 5.41) is 2.81. The average Bonchev–Trinajstić information content (AvgIpc) is 2.73. The molecule has 6 nitrogen and oxygen atoms in total. The number of nitrogens with one attached hydrogen (secondary N) is 1. The second kappa shape index (κ2) is 9.26. The number of carbonyl (C=O) groups is 2. The van der Waals surface area contributed by atoms with E-state index in [1.165, 1.54) is 25.6 Å². The molecule has 2 aromatic carbocycles. The highest BCUT2D eigenvalue weighted by Crippen LogP contribution is 2.25. The normalized spacial score (nSPS) is 14.4. The van der Waals surface area contributed by atoms with Crippen LogP contribution in [0.1, 0.15) is 30.1 Å². The van der Waals surface area contributed by atoms with Crippen LogP contribution in [-0.4, -0.2) is 39.0 Å². The van der Waals surface area contributed by atoms with E-state index in [0.29, 0.717) is 29.0 Å². The Kier molecular flexibility index (Phi) is 6.53. The van der Waals surface area contributed by atoms with Crippen molar-refractivity contribution >= 4 is 23.6 Å². The number of piperidine rings is 1. The fourth-order valence-corrected chi connectivity index (χ4v) is 3.24. The maximum Gasteiger partial charge on any atom is 0.262 e. The summed E-state index contributed by atoms with van der Waals surface area (Å²) in [7, 11) is 1.52. The van der Waals surface area contributed by atoms with Gasteiger partial charge in [-0.3, -0.25) is 9.59 Å². The molecule has 2 aromatic rings. The molecular weight excluding hydrogens is 356 g/mol. The number of nitrogens with zero attached hydrogens (tertiary/aromatic N) is 1. The van der Waals surface area contributed by atoms with Gasteiger partial charge in [-0.1, -0.05) is 6.92 Å². The maximum absolute atomic E-state index is 12.2. The number of methoxy groups -OCH3 is 1. The molecule has 0 aromatic heterocycles. The Morgan fingerprint density at radius 1 is 1.18 bits per heavy atom. The highest BCUT2D eigenvalue weighted by atomic mass is 16.5. The van der Waals surface area contributed by atoms with E-state index >= 15 is 0 Å². The molecule has 3 rings (SSSR count). The number of amides is 1. The predicted octanol–water partition coefficient (Wildman–Crippen LogP) is 3.76. The fraction of sp³-hybridized carbons (Fsp3) is 0.364. The summed E-state index contributed by atoms with van der Waals surface area (Å²) in [6.07, 6.45) is 3.10. The van der Waals surface area contributed by atoms with Crippen molar-refractivity contribution in [3.05, 3.63) is 48.0 Å². The number of carbonyl (C=O) groups excluding carboxylic acids is 2. The van der Waals surface area contributed by atoms with E-state index in [-0.39, 0.29) is 12.5 Å². The van der Waals surface area contributed by atoms with Crippen LogP contribution in [0.3, 0.4) is 0 Å². The summed E-state index contributed by atoms with van der Waals surface area (Å²) in [5.74, 6) is 1.41. The summed E-state index contributed by atoms with van der Waals surface area (Å²) < 4.78 is 10.6. The van der Waals surface area contributed by atoms with Crippen LogP contribution in [0, 0.1) is 5.92 Å². The molecule has 0 bridgehead atoms. The molecule has 0 saturated carbocycles. The van der Waals surface area contributed by atoms with Crippen LogP contribution in [0.25, 0.3) is 0 Å². The van der Waals surface area contributed by atoms with E-state index < -0.39 is 0 Å². The molecule has 1 fully saturated rings. The monoisotopic (exact) mass is 382 g/mol. The van der Waals surface area contributed by atoms with Crippen LogP contribution in [-0.2, 0) is 4.79 Å². The van der Waals surface area contributed by atoms with Crippen LogP contribution in [0.2, 0.25) is 0 Å². The van der Waals surface area contributed by atoms with Crippen LogP contribution in [0.5, 0.6) is 11.5 Å². The van der Waals surface area contributed by atoms with Crippen molar-refractivity contribution < 1.29 is 19.1 Å². The molecule has 6 heteroatoms. The molecule has 1 heterocycles. The molecule has 1 aliphatic rings. The number of rotatable bonds is 7. The van der Waals surface area contributed by atoms with E-state index in [0.717, 1.165) is 19.0 Å². The molecule has 0 radical (unpaired) electrons. The van der Waals surface area contributed by atoms with Gasteiger partial charge in [0, 0.05) is 24.5 Å². The van der Waals surface area contributed by atoms with Crippen molar-refractivity contribution in [1.82, 2.24) is 0 Å². The van der Waals surface area contributed by atoms with Gasteiger partial charge in [0.15, 0.2) is 12.9 Å². The molecule has 1 amide bonds. The number of ether oxygens (including phenoxy) is 2. The molecule has 28 heavy (non-hydrogen) atoms. The standard InChI is InChI=1S/C22H26N2O4/c1-16-9-11-24(12-10-16)19-5-3-18(4-6-19)23-22(26)15-28-21-8-7-20(27-2)13-17(21)14-25/h3-8,13-14,16H,9-12,15H2,1-2H3,(H,23,26). The second-order valence-corrected chi connectivity index (χ2v) is 7.07. The van der Waals surface area contributed by atoms with Gasteiger partial charge in [-0.25, -0.2) is 0 Å². The van der Waals surface area contributed by atoms with Crippen molar-refractivity contribution in [1.29, 1.82) is 0 Å². The quantitative estimate of drug-likeness (QED) is 0.739. The zero-order valence-electron chi connectivity index (χ0n) is 16.3. The first-order chi connectivity index (χ1) is 13.6. The summed E-state index contributed by atoms with van der Waals surface area (Å²) in [6.45, 7) is 4.25. The number of anilines is 2. The zero-order valence-corrected chi connectivity index (χ0v) is 16.3. The van der Waals surface area contributed by atoms with E-state index in [1.54, 1.807) is 18.2 Å². The molecule has 0 unspecified atom stereocenters. The van der Waals surface area contributed by atoms with Crippen LogP contribution >= 0.6 is 0 Å². The predicted molar refractivity (Wildman–Crippen MR) is 110 cm³/mol. The molecule has 1 aliphatic heterocycles. The average molecular weight is 382 g/mol. The van der Waals surface area contributed by atoms with Gasteiger partial charge in [0.05, 0.1) is 12.7 Å². The van der Waals surface area contributed by atoms with Crippen molar-refractivity contribution in [3.63, 3.8) is 0 Å². The molecule has 1 saturated heterocycles. The Morgan fingerprint density at radius 3 is 2.54 bits per heavy atom. The summed E-state index contributed by atoms with van der Waals surface area (Å²) >= 11 is 0. The third kappa shape index (κ3) is 5.03. The highest BCUT2D eigenvalue weighted by molar-refractivity contribution is 5.92. The van der Waals surface area contributed by atoms with Crippen LogP contribution in [0.4, 0.5) is 11.4 Å². The van der Waals surface area contributed by atoms with Gasteiger partial charge in [-0.2, -0.15) is 0 Å². The highest BCUT2D eigenvalue weighted by Gasteiger charge is 2.16. The SMILES string of the molecule is COc1ccc(OCC(=O)Nc2ccc(N3CCC(C)CC3)cc2)c(C=O)c1. The van der Waals surface area contributed by atoms with E-state index in [9.17, 15) is 9.59 Å². The van der Waals surface area contributed by atoms with Gasteiger partial charge < -0.3 is 19.7 Å². The minimum Gasteiger partial charge on any atom is -0.497 e. The van der Waals surface area contributed by atoms with Crippen LogP contribution in [0.15, 0.2) is 42.5 Å². The molecule has 0 spiro atoms. The van der Waals surface area contributed by atoms with Crippen molar-refractivity contribution in [2.75, 3.05) is 37.0 Å². The molecule has 1 N–H and O–H groups in total. The van der Waals surface area contributed by atoms with Crippen molar-refractivity contribution in [2.45, 2.75) is 19.8 Å². The lowest BCUT2D eigenvalue weighted by atomic mass is 9.99. The lowest BCUT2D eigenvalue weighted by molar-refractivity contribution is -0.118. The fourth-order valence-electron chi connectivity index (χ4n) is 3.24. The van der Waals surface area contributed by atoms with E-state index in [1.807, 2.05) is 24.3 Å². The summed E-state index contributed by atoms with van der Waals surface area (Å²) in [6, 6.07) is 12.7.